The number of carbonyl (C=O) groups excluding carboxylic acids is 2. The SMILES string of the molecule is Cc1cc(C(=O)CCC(=O)Nc2ccc3c(c2)OCCCO3)c(C)s1. The molecule has 3 rings (SSSR count). The van der Waals surface area contributed by atoms with E-state index in [4.69, 9.17) is 9.47 Å². The molecular weight excluding hydrogens is 338 g/mol. The van der Waals surface area contributed by atoms with Gasteiger partial charge in [0, 0.05) is 46.3 Å². The predicted molar refractivity (Wildman–Crippen MR) is 98.0 cm³/mol. The summed E-state index contributed by atoms with van der Waals surface area (Å²) in [6.07, 6.45) is 1.19. The van der Waals surface area contributed by atoms with Gasteiger partial charge in [-0.3, -0.25) is 9.59 Å². The van der Waals surface area contributed by atoms with Crippen LogP contribution in [0.15, 0.2) is 24.3 Å². The predicted octanol–water partition coefficient (Wildman–Crippen LogP) is 4.13. The third-order valence-electron chi connectivity index (χ3n) is 3.95. The smallest absolute Gasteiger partial charge is 0.224 e. The molecule has 0 bridgehead atoms. The van der Waals surface area contributed by atoms with Crippen LogP contribution in [0.3, 0.4) is 0 Å². The second kappa shape index (κ2) is 7.70. The number of benzene rings is 1. The lowest BCUT2D eigenvalue weighted by Crippen LogP contribution is -2.13. The van der Waals surface area contributed by atoms with Crippen molar-refractivity contribution in [2.75, 3.05) is 18.5 Å². The molecule has 2 heterocycles. The molecule has 1 N–H and O–H groups in total. The highest BCUT2D eigenvalue weighted by molar-refractivity contribution is 7.12. The average molecular weight is 359 g/mol. The van der Waals surface area contributed by atoms with Crippen LogP contribution >= 0.6 is 11.3 Å². The fourth-order valence-electron chi connectivity index (χ4n) is 2.73. The topological polar surface area (TPSA) is 64.6 Å². The lowest BCUT2D eigenvalue weighted by molar-refractivity contribution is -0.116. The molecule has 0 aliphatic carbocycles. The Hall–Kier alpha value is -2.34. The quantitative estimate of drug-likeness (QED) is 0.816. The molecule has 1 aromatic carbocycles. The molecule has 1 aliphatic rings. The number of carbonyl (C=O) groups is 2. The Balaban J connectivity index is 1.57. The summed E-state index contributed by atoms with van der Waals surface area (Å²) in [5, 5.41) is 2.81. The summed E-state index contributed by atoms with van der Waals surface area (Å²) in [5.74, 6) is 1.15. The third kappa shape index (κ3) is 4.39. The summed E-state index contributed by atoms with van der Waals surface area (Å²) in [6.45, 7) is 5.13. The largest absolute Gasteiger partial charge is 0.490 e. The van der Waals surface area contributed by atoms with Gasteiger partial charge in [-0.05, 0) is 32.0 Å². The second-order valence-electron chi connectivity index (χ2n) is 6.01. The van der Waals surface area contributed by atoms with Crippen molar-refractivity contribution in [2.45, 2.75) is 33.1 Å². The van der Waals surface area contributed by atoms with Crippen LogP contribution in [0.25, 0.3) is 0 Å². The normalized spacial score (nSPS) is 13.2. The van der Waals surface area contributed by atoms with Crippen LogP contribution in [0.5, 0.6) is 11.5 Å². The summed E-state index contributed by atoms with van der Waals surface area (Å²) in [7, 11) is 0. The van der Waals surface area contributed by atoms with Gasteiger partial charge in [0.2, 0.25) is 5.91 Å². The van der Waals surface area contributed by atoms with Gasteiger partial charge >= 0.3 is 0 Å². The monoisotopic (exact) mass is 359 g/mol. The van der Waals surface area contributed by atoms with E-state index in [0.717, 1.165) is 21.7 Å². The van der Waals surface area contributed by atoms with E-state index >= 15 is 0 Å². The zero-order chi connectivity index (χ0) is 17.8. The molecular formula is C19H21NO4S. The van der Waals surface area contributed by atoms with E-state index in [1.54, 1.807) is 29.5 Å². The van der Waals surface area contributed by atoms with Gasteiger partial charge in [0.25, 0.3) is 0 Å². The maximum absolute atomic E-state index is 12.3. The van der Waals surface area contributed by atoms with Crippen molar-refractivity contribution in [3.8, 4) is 11.5 Å². The zero-order valence-electron chi connectivity index (χ0n) is 14.4. The molecule has 0 saturated carbocycles. The Morgan fingerprint density at radius 3 is 2.56 bits per heavy atom. The minimum atomic E-state index is -0.188. The van der Waals surface area contributed by atoms with E-state index in [0.29, 0.717) is 30.4 Å². The van der Waals surface area contributed by atoms with E-state index in [1.807, 2.05) is 19.9 Å². The number of hydrogen-bond donors (Lipinski definition) is 1. The zero-order valence-corrected chi connectivity index (χ0v) is 15.2. The maximum atomic E-state index is 12.3. The first-order valence-corrected chi connectivity index (χ1v) is 9.14. The van der Waals surface area contributed by atoms with Gasteiger partial charge in [-0.25, -0.2) is 0 Å². The number of rotatable bonds is 5. The van der Waals surface area contributed by atoms with Crippen LogP contribution in [0, 0.1) is 13.8 Å². The van der Waals surface area contributed by atoms with Crippen LogP contribution < -0.4 is 14.8 Å². The van der Waals surface area contributed by atoms with Gasteiger partial charge in [0.05, 0.1) is 13.2 Å². The van der Waals surface area contributed by atoms with Crippen molar-refractivity contribution in [2.24, 2.45) is 0 Å². The first kappa shape index (κ1) is 17.5. The Labute approximate surface area is 151 Å². The van der Waals surface area contributed by atoms with E-state index in [9.17, 15) is 9.59 Å². The molecule has 5 nitrogen and oxygen atoms in total. The minimum Gasteiger partial charge on any atom is -0.490 e. The van der Waals surface area contributed by atoms with E-state index in [1.165, 1.54) is 0 Å². The molecule has 0 atom stereocenters. The summed E-state index contributed by atoms with van der Waals surface area (Å²) >= 11 is 1.60. The highest BCUT2D eigenvalue weighted by Crippen LogP contribution is 2.32. The molecule has 6 heteroatoms. The van der Waals surface area contributed by atoms with Crippen molar-refractivity contribution in [1.29, 1.82) is 0 Å². The van der Waals surface area contributed by atoms with Crippen molar-refractivity contribution in [1.82, 2.24) is 0 Å². The lowest BCUT2D eigenvalue weighted by Gasteiger charge is -2.10. The van der Waals surface area contributed by atoms with Crippen LogP contribution in [-0.4, -0.2) is 24.9 Å². The summed E-state index contributed by atoms with van der Waals surface area (Å²) in [6, 6.07) is 7.22. The summed E-state index contributed by atoms with van der Waals surface area (Å²) in [5.41, 5.74) is 1.37. The Bertz CT molecular complexity index is 797. The lowest BCUT2D eigenvalue weighted by atomic mass is 10.1. The number of anilines is 1. The van der Waals surface area contributed by atoms with Gasteiger partial charge in [-0.15, -0.1) is 11.3 Å². The fourth-order valence-corrected chi connectivity index (χ4v) is 3.68. The van der Waals surface area contributed by atoms with Crippen LogP contribution in [-0.2, 0) is 4.79 Å². The van der Waals surface area contributed by atoms with Gasteiger partial charge in [0.15, 0.2) is 17.3 Å². The number of nitrogens with one attached hydrogen (secondary N) is 1. The van der Waals surface area contributed by atoms with Gasteiger partial charge in [0.1, 0.15) is 0 Å². The number of Topliss-reactive ketones (excluding diaryl/α,β-unsaturated/α-hetero) is 1. The van der Waals surface area contributed by atoms with Crippen molar-refractivity contribution in [3.05, 3.63) is 39.6 Å². The Kier molecular flexibility index (Phi) is 5.38. The summed E-state index contributed by atoms with van der Waals surface area (Å²) < 4.78 is 11.2. The first-order valence-electron chi connectivity index (χ1n) is 8.32. The number of ketones is 1. The maximum Gasteiger partial charge on any atom is 0.224 e. The minimum absolute atomic E-state index is 0.00987. The van der Waals surface area contributed by atoms with Gasteiger partial charge < -0.3 is 14.8 Å². The number of hydrogen-bond acceptors (Lipinski definition) is 5. The molecule has 0 saturated heterocycles. The Morgan fingerprint density at radius 2 is 1.84 bits per heavy atom. The van der Waals surface area contributed by atoms with Crippen LogP contribution in [0.4, 0.5) is 5.69 Å². The molecule has 25 heavy (non-hydrogen) atoms. The number of ether oxygens (including phenoxy) is 2. The van der Waals surface area contributed by atoms with Gasteiger partial charge in [-0.1, -0.05) is 0 Å². The van der Waals surface area contributed by atoms with E-state index in [-0.39, 0.29) is 24.5 Å². The molecule has 1 amide bonds. The number of aryl methyl sites for hydroxylation is 2. The molecule has 2 aromatic rings. The molecule has 132 valence electrons. The molecule has 1 aliphatic heterocycles. The van der Waals surface area contributed by atoms with Crippen molar-refractivity contribution >= 4 is 28.7 Å². The fraction of sp³-hybridized carbons (Fsp3) is 0.368. The summed E-state index contributed by atoms with van der Waals surface area (Å²) in [4.78, 5) is 26.5. The van der Waals surface area contributed by atoms with Gasteiger partial charge in [-0.2, -0.15) is 0 Å². The number of thiophene rings is 1. The van der Waals surface area contributed by atoms with E-state index < -0.39 is 0 Å². The van der Waals surface area contributed by atoms with Crippen LogP contribution in [0.1, 0.15) is 39.4 Å². The standard InChI is InChI=1S/C19H21NO4S/c1-12-10-15(13(2)25-12)16(21)5-7-19(22)20-14-4-6-17-18(11-14)24-9-3-8-23-17/h4,6,10-11H,3,5,7-9H2,1-2H3,(H,20,22). The molecule has 0 radical (unpaired) electrons. The molecule has 0 unspecified atom stereocenters. The Morgan fingerprint density at radius 1 is 1.08 bits per heavy atom. The van der Waals surface area contributed by atoms with Crippen molar-refractivity contribution < 1.29 is 19.1 Å². The molecule has 0 fully saturated rings. The van der Waals surface area contributed by atoms with Crippen LogP contribution in [0.2, 0.25) is 0 Å². The molecule has 0 spiro atoms. The highest BCUT2D eigenvalue weighted by atomic mass is 32.1. The average Bonchev–Trinajstić information content (AvgIpc) is 2.79. The second-order valence-corrected chi connectivity index (χ2v) is 7.47. The number of amides is 1. The highest BCUT2D eigenvalue weighted by Gasteiger charge is 2.15. The molecule has 1 aromatic heterocycles. The third-order valence-corrected chi connectivity index (χ3v) is 4.92. The van der Waals surface area contributed by atoms with Crippen molar-refractivity contribution in [3.63, 3.8) is 0 Å². The van der Waals surface area contributed by atoms with E-state index in [2.05, 4.69) is 5.32 Å². The number of fused-ring (bicyclic) bond motifs is 1. The first-order chi connectivity index (χ1) is 12.0.